The van der Waals surface area contributed by atoms with Gasteiger partial charge in [-0.25, -0.2) is 0 Å². The molecule has 0 saturated heterocycles. The number of hydrogen-bond donors (Lipinski definition) is 3. The summed E-state index contributed by atoms with van der Waals surface area (Å²) in [5, 5.41) is 30.9. The lowest BCUT2D eigenvalue weighted by molar-refractivity contribution is -0.112. The van der Waals surface area contributed by atoms with Gasteiger partial charge >= 0.3 is 0 Å². The van der Waals surface area contributed by atoms with Gasteiger partial charge in [0.05, 0.1) is 10.7 Å². The first-order chi connectivity index (χ1) is 11.4. The number of benzene rings is 2. The smallest absolute Gasteiger partial charge is 0.266 e. The standard InChI is InChI=1S/C17H13IN2O4/c1-24-15-8-10(7-14(18)16(15)22)6-11(9-19)17(23)20-12-2-4-13(21)5-3-12/h2-8,21-22H,1H3,(H,20,23)/b11-6-. The lowest BCUT2D eigenvalue weighted by Gasteiger charge is -2.07. The van der Waals surface area contributed by atoms with E-state index in [4.69, 9.17) is 4.74 Å². The van der Waals surface area contributed by atoms with Crippen LogP contribution < -0.4 is 10.1 Å². The number of halogens is 1. The summed E-state index contributed by atoms with van der Waals surface area (Å²) in [4.78, 5) is 12.2. The van der Waals surface area contributed by atoms with Gasteiger partial charge in [0, 0.05) is 5.69 Å². The van der Waals surface area contributed by atoms with E-state index >= 15 is 0 Å². The van der Waals surface area contributed by atoms with Crippen molar-refractivity contribution in [2.45, 2.75) is 0 Å². The maximum Gasteiger partial charge on any atom is 0.266 e. The molecular weight excluding hydrogens is 423 g/mol. The Balaban J connectivity index is 2.29. The summed E-state index contributed by atoms with van der Waals surface area (Å²) in [6.07, 6.45) is 1.40. The molecule has 1 amide bonds. The zero-order chi connectivity index (χ0) is 17.7. The summed E-state index contributed by atoms with van der Waals surface area (Å²) >= 11 is 1.93. The van der Waals surface area contributed by atoms with E-state index in [1.54, 1.807) is 6.07 Å². The Morgan fingerprint density at radius 2 is 1.96 bits per heavy atom. The van der Waals surface area contributed by atoms with E-state index in [9.17, 15) is 20.3 Å². The fraction of sp³-hybridized carbons (Fsp3) is 0.0588. The van der Waals surface area contributed by atoms with Gasteiger partial charge in [-0.1, -0.05) is 0 Å². The van der Waals surface area contributed by atoms with Crippen molar-refractivity contribution in [3.05, 3.63) is 51.1 Å². The number of phenols is 2. The Morgan fingerprint density at radius 1 is 1.29 bits per heavy atom. The minimum absolute atomic E-state index is 0.00213. The van der Waals surface area contributed by atoms with E-state index in [0.29, 0.717) is 14.8 Å². The normalized spacial score (nSPS) is 10.8. The first-order valence-corrected chi connectivity index (χ1v) is 7.81. The van der Waals surface area contributed by atoms with Crippen molar-refractivity contribution in [1.82, 2.24) is 0 Å². The second-order valence-corrected chi connectivity index (χ2v) is 5.89. The summed E-state index contributed by atoms with van der Waals surface area (Å²) in [7, 11) is 1.42. The zero-order valence-electron chi connectivity index (χ0n) is 12.6. The van der Waals surface area contributed by atoms with E-state index in [1.165, 1.54) is 43.5 Å². The number of nitrogens with one attached hydrogen (secondary N) is 1. The van der Waals surface area contributed by atoms with Gasteiger partial charge in [0.25, 0.3) is 5.91 Å². The molecule has 0 bridgehead atoms. The minimum Gasteiger partial charge on any atom is -0.508 e. The highest BCUT2D eigenvalue weighted by molar-refractivity contribution is 14.1. The first-order valence-electron chi connectivity index (χ1n) is 6.73. The third kappa shape index (κ3) is 4.17. The van der Waals surface area contributed by atoms with Gasteiger partial charge in [-0.3, -0.25) is 4.79 Å². The monoisotopic (exact) mass is 436 g/mol. The number of nitriles is 1. The van der Waals surface area contributed by atoms with Crippen LogP contribution in [0.4, 0.5) is 5.69 Å². The van der Waals surface area contributed by atoms with Crippen molar-refractivity contribution in [3.63, 3.8) is 0 Å². The molecule has 6 nitrogen and oxygen atoms in total. The number of nitrogens with zero attached hydrogens (tertiary/aromatic N) is 1. The molecule has 0 atom stereocenters. The number of carbonyl (C=O) groups is 1. The predicted octanol–water partition coefficient (Wildman–Crippen LogP) is 3.26. The quantitative estimate of drug-likeness (QED) is 0.296. The molecule has 0 unspecified atom stereocenters. The molecule has 2 aromatic rings. The van der Waals surface area contributed by atoms with E-state index in [-0.39, 0.29) is 22.8 Å². The van der Waals surface area contributed by atoms with Gasteiger partial charge in [-0.15, -0.1) is 0 Å². The SMILES string of the molecule is COc1cc(/C=C(/C#N)C(=O)Nc2ccc(O)cc2)cc(I)c1O. The molecule has 0 aliphatic carbocycles. The summed E-state index contributed by atoms with van der Waals surface area (Å²) in [6.45, 7) is 0. The van der Waals surface area contributed by atoms with E-state index in [0.717, 1.165) is 0 Å². The summed E-state index contributed by atoms with van der Waals surface area (Å²) in [6, 6.07) is 10.9. The molecule has 3 N–H and O–H groups in total. The van der Waals surface area contributed by atoms with Gasteiger partial charge in [0.2, 0.25) is 0 Å². The third-order valence-corrected chi connectivity index (χ3v) is 3.89. The van der Waals surface area contributed by atoms with Crippen LogP contribution in [0.3, 0.4) is 0 Å². The van der Waals surface area contributed by atoms with Crippen LogP contribution in [0.1, 0.15) is 5.56 Å². The Kier molecular flexibility index (Phi) is 5.65. The van der Waals surface area contributed by atoms with Gasteiger partial charge < -0.3 is 20.3 Å². The van der Waals surface area contributed by atoms with Crippen molar-refractivity contribution in [2.24, 2.45) is 0 Å². The number of ether oxygens (including phenoxy) is 1. The van der Waals surface area contributed by atoms with E-state index in [1.807, 2.05) is 28.7 Å². The lowest BCUT2D eigenvalue weighted by atomic mass is 10.1. The molecule has 122 valence electrons. The van der Waals surface area contributed by atoms with Gasteiger partial charge in [-0.2, -0.15) is 5.26 Å². The second kappa shape index (κ2) is 7.70. The molecule has 7 heteroatoms. The Bertz CT molecular complexity index is 839. The maximum atomic E-state index is 12.2. The summed E-state index contributed by atoms with van der Waals surface area (Å²) in [5.74, 6) is -0.244. The van der Waals surface area contributed by atoms with Crippen LogP contribution in [0.2, 0.25) is 0 Å². The molecule has 0 aromatic heterocycles. The Morgan fingerprint density at radius 3 is 2.54 bits per heavy atom. The number of methoxy groups -OCH3 is 1. The molecule has 0 spiro atoms. The number of carbonyl (C=O) groups excluding carboxylic acids is 1. The zero-order valence-corrected chi connectivity index (χ0v) is 14.7. The average Bonchev–Trinajstić information content (AvgIpc) is 2.57. The summed E-state index contributed by atoms with van der Waals surface area (Å²) in [5.41, 5.74) is 0.898. The number of phenolic OH excluding ortho intramolecular Hbond substituents is 2. The number of hydrogen-bond acceptors (Lipinski definition) is 5. The van der Waals surface area contributed by atoms with Gasteiger partial charge in [-0.05, 0) is 70.6 Å². The number of anilines is 1. The van der Waals surface area contributed by atoms with Crippen molar-refractivity contribution >= 4 is 40.3 Å². The third-order valence-electron chi connectivity index (χ3n) is 3.07. The highest BCUT2D eigenvalue weighted by Gasteiger charge is 2.12. The fourth-order valence-corrected chi connectivity index (χ4v) is 2.52. The molecule has 24 heavy (non-hydrogen) atoms. The summed E-state index contributed by atoms with van der Waals surface area (Å²) < 4.78 is 5.59. The molecule has 2 aromatic carbocycles. The molecular formula is C17H13IN2O4. The predicted molar refractivity (Wildman–Crippen MR) is 97.7 cm³/mol. The molecule has 0 saturated carbocycles. The maximum absolute atomic E-state index is 12.2. The highest BCUT2D eigenvalue weighted by atomic mass is 127. The van der Waals surface area contributed by atoms with Crippen molar-refractivity contribution in [1.29, 1.82) is 5.26 Å². The Hall–Kier alpha value is -2.73. The van der Waals surface area contributed by atoms with Crippen LogP contribution >= 0.6 is 22.6 Å². The fourth-order valence-electron chi connectivity index (χ4n) is 1.89. The molecule has 0 fully saturated rings. The average molecular weight is 436 g/mol. The number of aromatic hydroxyl groups is 2. The van der Waals surface area contributed by atoms with Crippen molar-refractivity contribution in [3.8, 4) is 23.3 Å². The Labute approximate surface area is 152 Å². The van der Waals surface area contributed by atoms with Crippen molar-refractivity contribution in [2.75, 3.05) is 12.4 Å². The first kappa shape index (κ1) is 17.6. The van der Waals surface area contributed by atoms with E-state index in [2.05, 4.69) is 5.32 Å². The van der Waals surface area contributed by atoms with Crippen LogP contribution in [0.5, 0.6) is 17.2 Å². The lowest BCUT2D eigenvalue weighted by Crippen LogP contribution is -2.13. The molecule has 2 rings (SSSR count). The largest absolute Gasteiger partial charge is 0.508 e. The number of rotatable bonds is 4. The van der Waals surface area contributed by atoms with Crippen molar-refractivity contribution < 1.29 is 19.7 Å². The highest BCUT2D eigenvalue weighted by Crippen LogP contribution is 2.33. The molecule has 0 aliphatic rings. The molecule has 0 radical (unpaired) electrons. The van der Waals surface area contributed by atoms with Crippen LogP contribution in [0.25, 0.3) is 6.08 Å². The van der Waals surface area contributed by atoms with Crippen LogP contribution in [-0.2, 0) is 4.79 Å². The topological polar surface area (TPSA) is 103 Å². The van der Waals surface area contributed by atoms with E-state index < -0.39 is 5.91 Å². The molecule has 0 heterocycles. The number of amides is 1. The minimum atomic E-state index is -0.578. The molecule has 0 aliphatic heterocycles. The van der Waals surface area contributed by atoms with Gasteiger partial charge in [0.15, 0.2) is 11.5 Å². The van der Waals surface area contributed by atoms with Gasteiger partial charge in [0.1, 0.15) is 17.4 Å². The van der Waals surface area contributed by atoms with Crippen LogP contribution in [-0.4, -0.2) is 23.2 Å². The second-order valence-electron chi connectivity index (χ2n) is 4.72. The van der Waals surface area contributed by atoms with Crippen LogP contribution in [0, 0.1) is 14.9 Å². The van der Waals surface area contributed by atoms with Crippen LogP contribution in [0.15, 0.2) is 42.0 Å².